The highest BCUT2D eigenvalue weighted by Crippen LogP contribution is 2.22. The summed E-state index contributed by atoms with van der Waals surface area (Å²) in [5, 5.41) is 9.38. The summed E-state index contributed by atoms with van der Waals surface area (Å²) in [6.07, 6.45) is 2.56. The molecule has 5 heteroatoms. The predicted octanol–water partition coefficient (Wildman–Crippen LogP) is 3.20. The van der Waals surface area contributed by atoms with Gasteiger partial charge >= 0.3 is 0 Å². The molecule has 2 aromatic carbocycles. The van der Waals surface area contributed by atoms with Gasteiger partial charge in [0.15, 0.2) is 5.11 Å². The van der Waals surface area contributed by atoms with E-state index in [-0.39, 0.29) is 5.91 Å². The zero-order valence-electron chi connectivity index (χ0n) is 13.8. The van der Waals surface area contributed by atoms with Crippen LogP contribution in [0.4, 0.5) is 0 Å². The standard InChI is InChI=1S/C20H17N3OS/c1-22-18(13-16-7-9-17(14-21)10-8-16)19(24)23(20(22)25)12-11-15-5-3-2-4-6-15/h2-10,13H,11-12H2,1H3/b18-13-. The lowest BCUT2D eigenvalue weighted by atomic mass is 10.1. The average molecular weight is 347 g/mol. The van der Waals surface area contributed by atoms with Crippen molar-refractivity contribution in [3.05, 3.63) is 77.0 Å². The fraction of sp³-hybridized carbons (Fsp3) is 0.150. The van der Waals surface area contributed by atoms with Gasteiger partial charge in [0.2, 0.25) is 0 Å². The fourth-order valence-corrected chi connectivity index (χ4v) is 2.98. The van der Waals surface area contributed by atoms with Gasteiger partial charge in [-0.3, -0.25) is 9.69 Å². The summed E-state index contributed by atoms with van der Waals surface area (Å²) in [7, 11) is 1.80. The van der Waals surface area contributed by atoms with Crippen molar-refractivity contribution in [2.75, 3.05) is 13.6 Å². The number of amides is 1. The van der Waals surface area contributed by atoms with Crippen molar-refractivity contribution in [1.82, 2.24) is 9.80 Å². The van der Waals surface area contributed by atoms with E-state index in [1.54, 1.807) is 35.1 Å². The van der Waals surface area contributed by atoms with Crippen molar-refractivity contribution in [3.63, 3.8) is 0 Å². The van der Waals surface area contributed by atoms with E-state index in [1.165, 1.54) is 5.56 Å². The maximum absolute atomic E-state index is 12.8. The molecule has 3 rings (SSSR count). The van der Waals surface area contributed by atoms with Gasteiger partial charge in [-0.1, -0.05) is 42.5 Å². The van der Waals surface area contributed by atoms with Gasteiger partial charge in [0, 0.05) is 13.6 Å². The molecular weight excluding hydrogens is 330 g/mol. The highest BCUT2D eigenvalue weighted by Gasteiger charge is 2.35. The SMILES string of the molecule is CN1C(=S)N(CCc2ccccc2)C(=O)/C1=C/c1ccc(C#N)cc1. The summed E-state index contributed by atoms with van der Waals surface area (Å²) in [6.45, 7) is 0.552. The Morgan fingerprint density at radius 1 is 1.12 bits per heavy atom. The Kier molecular flexibility index (Phi) is 4.92. The molecule has 1 amide bonds. The topological polar surface area (TPSA) is 47.3 Å². The molecule has 124 valence electrons. The zero-order valence-corrected chi connectivity index (χ0v) is 14.7. The maximum Gasteiger partial charge on any atom is 0.276 e. The largest absolute Gasteiger partial charge is 0.317 e. The normalized spacial score (nSPS) is 15.8. The fourth-order valence-electron chi connectivity index (χ4n) is 2.71. The highest BCUT2D eigenvalue weighted by atomic mass is 32.1. The highest BCUT2D eigenvalue weighted by molar-refractivity contribution is 7.80. The van der Waals surface area contributed by atoms with Crippen LogP contribution < -0.4 is 0 Å². The first-order valence-corrected chi connectivity index (χ1v) is 8.36. The van der Waals surface area contributed by atoms with Gasteiger partial charge in [-0.25, -0.2) is 0 Å². The zero-order chi connectivity index (χ0) is 17.8. The van der Waals surface area contributed by atoms with E-state index in [2.05, 4.69) is 6.07 Å². The monoisotopic (exact) mass is 347 g/mol. The third-order valence-electron chi connectivity index (χ3n) is 4.15. The van der Waals surface area contributed by atoms with Gasteiger partial charge in [-0.15, -0.1) is 0 Å². The van der Waals surface area contributed by atoms with Crippen molar-refractivity contribution in [2.24, 2.45) is 0 Å². The molecule has 1 saturated heterocycles. The molecule has 0 saturated carbocycles. The summed E-state index contributed by atoms with van der Waals surface area (Å²) in [6, 6.07) is 19.2. The number of hydrogen-bond donors (Lipinski definition) is 0. The first kappa shape index (κ1) is 16.9. The summed E-state index contributed by atoms with van der Waals surface area (Å²) in [5.41, 5.74) is 3.17. The number of nitriles is 1. The van der Waals surface area contributed by atoms with Crippen molar-refractivity contribution >= 4 is 29.3 Å². The Labute approximate surface area is 152 Å². The van der Waals surface area contributed by atoms with E-state index in [0.29, 0.717) is 22.9 Å². The average Bonchev–Trinajstić information content (AvgIpc) is 2.85. The molecule has 0 aromatic heterocycles. The van der Waals surface area contributed by atoms with Crippen molar-refractivity contribution in [1.29, 1.82) is 5.26 Å². The van der Waals surface area contributed by atoms with Crippen LogP contribution >= 0.6 is 12.2 Å². The van der Waals surface area contributed by atoms with E-state index >= 15 is 0 Å². The third-order valence-corrected chi connectivity index (χ3v) is 4.65. The predicted molar refractivity (Wildman–Crippen MR) is 101 cm³/mol. The molecule has 4 nitrogen and oxygen atoms in total. The number of carbonyl (C=O) groups is 1. The first-order chi connectivity index (χ1) is 12.1. The van der Waals surface area contributed by atoms with Crippen LogP contribution in [0.25, 0.3) is 6.08 Å². The van der Waals surface area contributed by atoms with Crippen LogP contribution in [-0.4, -0.2) is 34.4 Å². The molecule has 0 aliphatic carbocycles. The third kappa shape index (κ3) is 3.59. The molecule has 0 atom stereocenters. The maximum atomic E-state index is 12.8. The van der Waals surface area contributed by atoms with E-state index < -0.39 is 0 Å². The number of thiocarbonyl (C=S) groups is 1. The van der Waals surface area contributed by atoms with Gasteiger partial charge in [-0.2, -0.15) is 5.26 Å². The van der Waals surface area contributed by atoms with Crippen molar-refractivity contribution in [2.45, 2.75) is 6.42 Å². The molecular formula is C20H17N3OS. The summed E-state index contributed by atoms with van der Waals surface area (Å²) < 4.78 is 0. The minimum atomic E-state index is -0.0900. The van der Waals surface area contributed by atoms with Gasteiger partial charge in [0.1, 0.15) is 5.70 Å². The molecule has 0 bridgehead atoms. The molecule has 0 radical (unpaired) electrons. The van der Waals surface area contributed by atoms with Crippen LogP contribution in [0.1, 0.15) is 16.7 Å². The van der Waals surface area contributed by atoms with Gasteiger partial charge in [0.25, 0.3) is 5.91 Å². The molecule has 2 aromatic rings. The lowest BCUT2D eigenvalue weighted by Gasteiger charge is -2.16. The summed E-state index contributed by atoms with van der Waals surface area (Å²) >= 11 is 5.44. The van der Waals surface area contributed by atoms with Crippen LogP contribution in [0.15, 0.2) is 60.3 Å². The molecule has 1 fully saturated rings. The van der Waals surface area contributed by atoms with E-state index in [9.17, 15) is 4.79 Å². The van der Waals surface area contributed by atoms with E-state index in [1.807, 2.05) is 42.5 Å². The van der Waals surface area contributed by atoms with Crippen LogP contribution in [0.5, 0.6) is 0 Å². The van der Waals surface area contributed by atoms with Crippen LogP contribution in [-0.2, 0) is 11.2 Å². The summed E-state index contributed by atoms with van der Waals surface area (Å²) in [5.74, 6) is -0.0900. The molecule has 1 aliphatic heterocycles. The smallest absolute Gasteiger partial charge is 0.276 e. The molecule has 1 heterocycles. The quantitative estimate of drug-likeness (QED) is 0.629. The summed E-state index contributed by atoms with van der Waals surface area (Å²) in [4.78, 5) is 16.1. The second-order valence-corrected chi connectivity index (χ2v) is 6.16. The van der Waals surface area contributed by atoms with Gasteiger partial charge < -0.3 is 4.90 Å². The number of benzene rings is 2. The minimum absolute atomic E-state index is 0.0900. The molecule has 0 spiro atoms. The lowest BCUT2D eigenvalue weighted by molar-refractivity contribution is -0.122. The van der Waals surface area contributed by atoms with Gasteiger partial charge in [0.05, 0.1) is 11.6 Å². The van der Waals surface area contributed by atoms with Gasteiger partial charge in [-0.05, 0) is 48.0 Å². The Hall–Kier alpha value is -2.97. The number of likely N-dealkylation sites (N-methyl/N-ethyl adjacent to an activating group) is 1. The second kappa shape index (κ2) is 7.29. The number of rotatable bonds is 4. The van der Waals surface area contributed by atoms with E-state index in [4.69, 9.17) is 17.5 Å². The first-order valence-electron chi connectivity index (χ1n) is 7.95. The Morgan fingerprint density at radius 2 is 1.80 bits per heavy atom. The van der Waals surface area contributed by atoms with Crippen LogP contribution in [0.2, 0.25) is 0 Å². The van der Waals surface area contributed by atoms with E-state index in [0.717, 1.165) is 12.0 Å². The van der Waals surface area contributed by atoms with Crippen molar-refractivity contribution < 1.29 is 4.79 Å². The minimum Gasteiger partial charge on any atom is -0.317 e. The molecule has 25 heavy (non-hydrogen) atoms. The Morgan fingerprint density at radius 3 is 2.44 bits per heavy atom. The number of hydrogen-bond acceptors (Lipinski definition) is 3. The molecule has 0 unspecified atom stereocenters. The molecule has 0 N–H and O–H groups in total. The van der Waals surface area contributed by atoms with Crippen LogP contribution in [0.3, 0.4) is 0 Å². The number of nitrogens with zero attached hydrogens (tertiary/aromatic N) is 3. The lowest BCUT2D eigenvalue weighted by Crippen LogP contribution is -2.33. The Bertz CT molecular complexity index is 866. The van der Waals surface area contributed by atoms with Crippen LogP contribution in [0, 0.1) is 11.3 Å². The second-order valence-electron chi connectivity index (χ2n) is 5.80. The molecule has 1 aliphatic rings. The Balaban J connectivity index is 1.77. The van der Waals surface area contributed by atoms with Crippen molar-refractivity contribution in [3.8, 4) is 6.07 Å². The number of carbonyl (C=O) groups excluding carboxylic acids is 1.